The number of nitrogens with one attached hydrogen (secondary N) is 2. The summed E-state index contributed by atoms with van der Waals surface area (Å²) in [7, 11) is 1.72. The van der Waals surface area contributed by atoms with Gasteiger partial charge in [-0.25, -0.2) is 4.39 Å². The summed E-state index contributed by atoms with van der Waals surface area (Å²) < 4.78 is 13.3. The van der Waals surface area contributed by atoms with Crippen LogP contribution >= 0.6 is 24.0 Å². The van der Waals surface area contributed by atoms with Crippen LogP contribution < -0.4 is 10.6 Å². The Hall–Kier alpha value is -1.09. The van der Waals surface area contributed by atoms with Crippen LogP contribution in [0.4, 0.5) is 4.39 Å². The number of rotatable bonds is 9. The maximum absolute atomic E-state index is 13.3. The number of hydrogen-bond donors (Lipinski definition) is 3. The molecule has 25 heavy (non-hydrogen) atoms. The lowest BCUT2D eigenvalue weighted by molar-refractivity contribution is 0.292. The number of phenolic OH excluding ortho intramolecular Hbond substituents is 1. The summed E-state index contributed by atoms with van der Waals surface area (Å²) in [4.78, 5) is 6.62. The third-order valence-corrected chi connectivity index (χ3v) is 4.08. The van der Waals surface area contributed by atoms with Crippen molar-refractivity contribution in [2.24, 2.45) is 4.99 Å². The van der Waals surface area contributed by atoms with Gasteiger partial charge in [0.15, 0.2) is 17.5 Å². The maximum atomic E-state index is 13.3. The Morgan fingerprint density at radius 2 is 2.00 bits per heavy atom. The van der Waals surface area contributed by atoms with Gasteiger partial charge in [-0.15, -0.1) is 24.0 Å². The summed E-state index contributed by atoms with van der Waals surface area (Å²) in [5.41, 5.74) is 0.752. The van der Waals surface area contributed by atoms with E-state index in [0.29, 0.717) is 18.5 Å². The number of benzene rings is 1. The molecule has 144 valence electrons. The van der Waals surface area contributed by atoms with Gasteiger partial charge in [0.05, 0.1) is 0 Å². The van der Waals surface area contributed by atoms with Crippen molar-refractivity contribution in [1.29, 1.82) is 0 Å². The fourth-order valence-corrected chi connectivity index (χ4v) is 2.51. The number of halogens is 2. The zero-order valence-corrected chi connectivity index (χ0v) is 18.0. The van der Waals surface area contributed by atoms with Crippen LogP contribution in [0.3, 0.4) is 0 Å². The molecule has 0 amide bonds. The second kappa shape index (κ2) is 13.2. The summed E-state index contributed by atoms with van der Waals surface area (Å²) in [6, 6.07) is 4.68. The minimum Gasteiger partial charge on any atom is -0.505 e. The molecule has 1 aromatic carbocycles. The lowest BCUT2D eigenvalue weighted by atomic mass is 10.1. The molecule has 5 nitrogen and oxygen atoms in total. The zero-order chi connectivity index (χ0) is 17.9. The van der Waals surface area contributed by atoms with Crippen molar-refractivity contribution in [1.82, 2.24) is 15.5 Å². The van der Waals surface area contributed by atoms with Crippen LogP contribution in [0.15, 0.2) is 23.2 Å². The van der Waals surface area contributed by atoms with Crippen LogP contribution in [-0.4, -0.2) is 48.7 Å². The van der Waals surface area contributed by atoms with E-state index in [9.17, 15) is 9.50 Å². The number of guanidine groups is 1. The van der Waals surface area contributed by atoms with E-state index in [4.69, 9.17) is 0 Å². The Labute approximate surface area is 168 Å². The molecule has 1 aromatic rings. The minimum absolute atomic E-state index is 0. The van der Waals surface area contributed by atoms with Crippen molar-refractivity contribution < 1.29 is 9.50 Å². The predicted octanol–water partition coefficient (Wildman–Crippen LogP) is 3.32. The molecule has 0 aromatic heterocycles. The molecule has 0 bridgehead atoms. The van der Waals surface area contributed by atoms with Gasteiger partial charge in [0, 0.05) is 19.6 Å². The Bertz CT molecular complexity index is 524. The van der Waals surface area contributed by atoms with Crippen LogP contribution in [0.1, 0.15) is 39.2 Å². The van der Waals surface area contributed by atoms with Crippen LogP contribution in [0, 0.1) is 5.82 Å². The third-order valence-electron chi connectivity index (χ3n) is 4.08. The van der Waals surface area contributed by atoms with Crippen LogP contribution in [0.25, 0.3) is 0 Å². The molecule has 0 saturated heterocycles. The molecule has 0 fully saturated rings. The summed E-state index contributed by atoms with van der Waals surface area (Å²) >= 11 is 0. The Morgan fingerprint density at radius 1 is 1.32 bits per heavy atom. The second-order valence-corrected chi connectivity index (χ2v) is 5.93. The largest absolute Gasteiger partial charge is 0.505 e. The van der Waals surface area contributed by atoms with Gasteiger partial charge >= 0.3 is 0 Å². The quantitative estimate of drug-likeness (QED) is 0.297. The zero-order valence-electron chi connectivity index (χ0n) is 15.7. The molecular formula is C18H32FIN4O. The molecule has 0 saturated carbocycles. The Balaban J connectivity index is 0.00000576. The molecule has 0 radical (unpaired) electrons. The highest BCUT2D eigenvalue weighted by atomic mass is 127. The lowest BCUT2D eigenvalue weighted by Gasteiger charge is -2.21. The van der Waals surface area contributed by atoms with E-state index in [2.05, 4.69) is 41.3 Å². The Morgan fingerprint density at radius 3 is 2.56 bits per heavy atom. The van der Waals surface area contributed by atoms with Crippen LogP contribution in [0.2, 0.25) is 0 Å². The van der Waals surface area contributed by atoms with Crippen molar-refractivity contribution in [2.45, 2.75) is 46.2 Å². The third kappa shape index (κ3) is 9.25. The molecule has 0 aliphatic rings. The highest BCUT2D eigenvalue weighted by Gasteiger charge is 2.07. The van der Waals surface area contributed by atoms with Gasteiger partial charge in [-0.1, -0.05) is 19.9 Å². The van der Waals surface area contributed by atoms with Crippen LogP contribution in [0.5, 0.6) is 5.75 Å². The van der Waals surface area contributed by atoms with E-state index in [-0.39, 0.29) is 29.7 Å². The molecule has 0 aliphatic heterocycles. The minimum atomic E-state index is -0.609. The van der Waals surface area contributed by atoms with Gasteiger partial charge in [-0.3, -0.25) is 4.99 Å². The first-order valence-electron chi connectivity index (χ1n) is 8.67. The van der Waals surface area contributed by atoms with Crippen LogP contribution in [-0.2, 0) is 6.54 Å². The van der Waals surface area contributed by atoms with E-state index in [1.807, 2.05) is 0 Å². The molecule has 1 unspecified atom stereocenters. The fourth-order valence-electron chi connectivity index (χ4n) is 2.51. The monoisotopic (exact) mass is 466 g/mol. The summed E-state index contributed by atoms with van der Waals surface area (Å²) in [6.45, 7) is 10.2. The normalized spacial score (nSPS) is 12.6. The van der Waals surface area contributed by atoms with E-state index in [1.165, 1.54) is 12.1 Å². The second-order valence-electron chi connectivity index (χ2n) is 5.93. The van der Waals surface area contributed by atoms with Gasteiger partial charge < -0.3 is 20.6 Å². The first-order chi connectivity index (χ1) is 11.5. The topological polar surface area (TPSA) is 59.9 Å². The van der Waals surface area contributed by atoms with Crippen molar-refractivity contribution in [2.75, 3.05) is 26.7 Å². The molecule has 1 rings (SSSR count). The molecule has 0 aliphatic carbocycles. The maximum Gasteiger partial charge on any atom is 0.191 e. The van der Waals surface area contributed by atoms with Gasteiger partial charge in [-0.05, 0) is 57.1 Å². The smallest absolute Gasteiger partial charge is 0.191 e. The van der Waals surface area contributed by atoms with Gasteiger partial charge in [-0.2, -0.15) is 0 Å². The molecule has 7 heteroatoms. The number of nitrogens with zero attached hydrogens (tertiary/aromatic N) is 2. The number of hydrogen-bond acceptors (Lipinski definition) is 3. The predicted molar refractivity (Wildman–Crippen MR) is 113 cm³/mol. The number of phenols is 1. The molecule has 0 spiro atoms. The summed E-state index contributed by atoms with van der Waals surface area (Å²) in [5, 5.41) is 15.7. The van der Waals surface area contributed by atoms with Gasteiger partial charge in [0.2, 0.25) is 0 Å². The number of aliphatic imine (C=N–C) groups is 1. The number of aromatic hydroxyl groups is 1. The first kappa shape index (κ1) is 23.9. The molecule has 3 N–H and O–H groups in total. The Kier molecular flexibility index (Phi) is 12.6. The SMILES string of the molecule is CCN(CC)CCCC(C)NC(=NC)NCc1ccc(O)c(F)c1.I. The van der Waals surface area contributed by atoms with Gasteiger partial charge in [0.25, 0.3) is 0 Å². The van der Waals surface area contributed by atoms with E-state index < -0.39 is 5.82 Å². The average molecular weight is 466 g/mol. The molecule has 1 atom stereocenters. The highest BCUT2D eigenvalue weighted by Crippen LogP contribution is 2.15. The standard InChI is InChI=1S/C18H31FN4O.HI/c1-5-23(6-2)11-7-8-14(3)22-18(20-4)21-13-15-9-10-17(24)16(19)12-15;/h9-10,12,14,24H,5-8,11,13H2,1-4H3,(H2,20,21,22);1H. The lowest BCUT2D eigenvalue weighted by Crippen LogP contribution is -2.42. The fraction of sp³-hybridized carbons (Fsp3) is 0.611. The van der Waals surface area contributed by atoms with E-state index in [1.54, 1.807) is 13.1 Å². The molecular weight excluding hydrogens is 434 g/mol. The van der Waals surface area contributed by atoms with E-state index in [0.717, 1.165) is 38.0 Å². The first-order valence-corrected chi connectivity index (χ1v) is 8.67. The van der Waals surface area contributed by atoms with Gasteiger partial charge in [0.1, 0.15) is 0 Å². The van der Waals surface area contributed by atoms with Crippen molar-refractivity contribution in [3.8, 4) is 5.75 Å². The van der Waals surface area contributed by atoms with E-state index >= 15 is 0 Å². The average Bonchev–Trinajstić information content (AvgIpc) is 2.58. The molecule has 0 heterocycles. The summed E-state index contributed by atoms with van der Waals surface area (Å²) in [6.07, 6.45) is 2.20. The highest BCUT2D eigenvalue weighted by molar-refractivity contribution is 14.0. The van der Waals surface area contributed by atoms with Crippen molar-refractivity contribution in [3.63, 3.8) is 0 Å². The summed E-state index contributed by atoms with van der Waals surface area (Å²) in [5.74, 6) is -0.246. The van der Waals surface area contributed by atoms with Crippen molar-refractivity contribution >= 4 is 29.9 Å². The van der Waals surface area contributed by atoms with Crippen molar-refractivity contribution in [3.05, 3.63) is 29.6 Å².